The molecule has 1 aromatic rings. The molecule has 1 heteroatoms. The summed E-state index contributed by atoms with van der Waals surface area (Å²) >= 11 is 2.11. The van der Waals surface area contributed by atoms with Gasteiger partial charge in [0.25, 0.3) is 0 Å². The van der Waals surface area contributed by atoms with E-state index >= 15 is 0 Å². The van der Waals surface area contributed by atoms with Crippen LogP contribution in [0.2, 0.25) is 0 Å². The van der Waals surface area contributed by atoms with Crippen molar-refractivity contribution in [1.82, 2.24) is 0 Å². The van der Waals surface area contributed by atoms with Crippen LogP contribution in [0, 0.1) is 10.5 Å². The van der Waals surface area contributed by atoms with Crippen molar-refractivity contribution in [3.05, 3.63) is 33.4 Å². The Labute approximate surface area is 65.9 Å². The summed E-state index contributed by atoms with van der Waals surface area (Å²) in [5.74, 6) is 0. The van der Waals surface area contributed by atoms with Gasteiger partial charge in [-0.15, -0.1) is 0 Å². The van der Waals surface area contributed by atoms with Gasteiger partial charge in [0.05, 0.1) is 2.74 Å². The van der Waals surface area contributed by atoms with E-state index < -0.39 is 0 Å². The first-order valence-corrected chi connectivity index (χ1v) is 3.42. The SMILES string of the molecule is [2H]c1cc(I)cc([2H])c1C. The third-order valence-corrected chi connectivity index (χ3v) is 1.48. The molecule has 0 radical (unpaired) electrons. The monoisotopic (exact) mass is 220 g/mol. The highest BCUT2D eigenvalue weighted by Gasteiger charge is 1.81. The maximum Gasteiger partial charge on any atom is 0.0626 e. The molecule has 0 heterocycles. The first-order valence-electron chi connectivity index (χ1n) is 3.34. The van der Waals surface area contributed by atoms with Gasteiger partial charge >= 0.3 is 0 Å². The number of rotatable bonds is 0. The Hall–Kier alpha value is -0.0500. The van der Waals surface area contributed by atoms with Gasteiger partial charge in [0.1, 0.15) is 0 Å². The van der Waals surface area contributed by atoms with Crippen molar-refractivity contribution in [1.29, 1.82) is 0 Å². The molecule has 0 amide bonds. The second kappa shape index (κ2) is 2.49. The molecule has 0 aromatic heterocycles. The molecule has 1 aromatic carbocycles. The van der Waals surface area contributed by atoms with Gasteiger partial charge in [-0.3, -0.25) is 0 Å². The minimum absolute atomic E-state index is 0.455. The van der Waals surface area contributed by atoms with Crippen LogP contribution in [0.25, 0.3) is 0 Å². The summed E-state index contributed by atoms with van der Waals surface area (Å²) < 4.78 is 15.7. The lowest BCUT2D eigenvalue weighted by Crippen LogP contribution is -1.69. The molecule has 0 nitrogen and oxygen atoms in total. The number of hydrogen-bond acceptors (Lipinski definition) is 0. The van der Waals surface area contributed by atoms with Gasteiger partial charge in [0.2, 0.25) is 0 Å². The summed E-state index contributed by atoms with van der Waals surface area (Å²) in [6.07, 6.45) is 0. The molecule has 0 saturated carbocycles. The lowest BCUT2D eigenvalue weighted by molar-refractivity contribution is 1.46. The normalized spacial score (nSPS) is 12.8. The molecular weight excluding hydrogens is 211 g/mol. The fraction of sp³-hybridized carbons (Fsp3) is 0.143. The number of hydrogen-bond donors (Lipinski definition) is 0. The Bertz CT molecular complexity index is 235. The lowest BCUT2D eigenvalue weighted by atomic mass is 10.2. The summed E-state index contributed by atoms with van der Waals surface area (Å²) in [5.41, 5.74) is 0.750. The molecule has 0 unspecified atom stereocenters. The van der Waals surface area contributed by atoms with E-state index in [-0.39, 0.29) is 0 Å². The van der Waals surface area contributed by atoms with Gasteiger partial charge in [0.15, 0.2) is 0 Å². The van der Waals surface area contributed by atoms with Gasteiger partial charge in [0, 0.05) is 3.57 Å². The van der Waals surface area contributed by atoms with E-state index in [1.807, 2.05) is 0 Å². The van der Waals surface area contributed by atoms with Crippen LogP contribution in [-0.2, 0) is 0 Å². The van der Waals surface area contributed by atoms with E-state index in [1.165, 1.54) is 0 Å². The first kappa shape index (κ1) is 3.88. The molecule has 0 N–H and O–H groups in total. The van der Waals surface area contributed by atoms with Gasteiger partial charge in [-0.25, -0.2) is 0 Å². The average Bonchev–Trinajstić information content (AvgIpc) is 1.82. The van der Waals surface area contributed by atoms with E-state index in [0.717, 1.165) is 9.13 Å². The molecule has 1 rings (SSSR count). The second-order valence-electron chi connectivity index (χ2n) is 1.59. The summed E-state index contributed by atoms with van der Waals surface area (Å²) in [5, 5.41) is 0. The van der Waals surface area contributed by atoms with Gasteiger partial charge < -0.3 is 0 Å². The Morgan fingerprint density at radius 1 is 1.50 bits per heavy atom. The first-order chi connectivity index (χ1) is 4.61. The van der Waals surface area contributed by atoms with Crippen LogP contribution in [0.3, 0.4) is 0 Å². The fourth-order valence-electron chi connectivity index (χ4n) is 0.438. The van der Waals surface area contributed by atoms with Gasteiger partial charge in [-0.1, -0.05) is 17.6 Å². The predicted molar refractivity (Wildman–Crippen MR) is 43.9 cm³/mol. The summed E-state index contributed by atoms with van der Waals surface area (Å²) in [7, 11) is 0. The van der Waals surface area contributed by atoms with Crippen molar-refractivity contribution < 1.29 is 2.74 Å². The number of benzene rings is 1. The summed E-state index contributed by atoms with van der Waals surface area (Å²) in [4.78, 5) is 0. The highest BCUT2D eigenvalue weighted by molar-refractivity contribution is 14.1. The highest BCUT2D eigenvalue weighted by atomic mass is 127. The quantitative estimate of drug-likeness (QED) is 0.589. The number of halogens is 1. The van der Waals surface area contributed by atoms with Crippen molar-refractivity contribution in [2.24, 2.45) is 0 Å². The van der Waals surface area contributed by atoms with E-state index in [0.29, 0.717) is 12.1 Å². The second-order valence-corrected chi connectivity index (χ2v) is 2.83. The average molecular weight is 220 g/mol. The zero-order valence-electron chi connectivity index (χ0n) is 6.53. The predicted octanol–water partition coefficient (Wildman–Crippen LogP) is 2.60. The van der Waals surface area contributed by atoms with Crippen molar-refractivity contribution >= 4 is 22.6 Å². The van der Waals surface area contributed by atoms with Crippen LogP contribution in [-0.4, -0.2) is 0 Å². The van der Waals surface area contributed by atoms with Crippen LogP contribution in [0.5, 0.6) is 0 Å². The zero-order chi connectivity index (χ0) is 7.72. The van der Waals surface area contributed by atoms with E-state index in [9.17, 15) is 0 Å². The van der Waals surface area contributed by atoms with Crippen LogP contribution in [0.15, 0.2) is 24.2 Å². The molecule has 0 spiro atoms. The van der Waals surface area contributed by atoms with Crippen LogP contribution >= 0.6 is 22.6 Å². The van der Waals surface area contributed by atoms with Crippen LogP contribution < -0.4 is 0 Å². The molecule has 0 bridgehead atoms. The fourth-order valence-corrected chi connectivity index (χ4v) is 0.749. The largest absolute Gasteiger partial charge is 0.0626 e. The smallest absolute Gasteiger partial charge is 0.0583 e. The third-order valence-electron chi connectivity index (χ3n) is 0.853. The molecule has 0 atom stereocenters. The Kier molecular flexibility index (Phi) is 1.20. The van der Waals surface area contributed by atoms with Crippen molar-refractivity contribution in [3.8, 4) is 0 Å². The molecule has 0 fully saturated rings. The standard InChI is InChI=1S/C7H7I/c1-6-2-4-7(8)5-3-6/h2-5H,1H3/i2D,3D. The summed E-state index contributed by atoms with van der Waals surface area (Å²) in [6, 6.07) is 4.43. The lowest BCUT2D eigenvalue weighted by Gasteiger charge is -1.88. The van der Waals surface area contributed by atoms with Gasteiger partial charge in [-0.05, 0) is 41.6 Å². The molecule has 42 valence electrons. The maximum absolute atomic E-state index is 7.38. The molecule has 0 saturated heterocycles. The highest BCUT2D eigenvalue weighted by Crippen LogP contribution is 2.04. The maximum atomic E-state index is 7.38. The molecule has 0 aliphatic carbocycles. The van der Waals surface area contributed by atoms with E-state index in [2.05, 4.69) is 22.6 Å². The van der Waals surface area contributed by atoms with Crippen molar-refractivity contribution in [2.75, 3.05) is 0 Å². The van der Waals surface area contributed by atoms with Crippen molar-refractivity contribution in [2.45, 2.75) is 6.92 Å². The van der Waals surface area contributed by atoms with E-state index in [1.54, 1.807) is 19.1 Å². The van der Waals surface area contributed by atoms with Crippen LogP contribution in [0.4, 0.5) is 0 Å². The Morgan fingerprint density at radius 3 is 2.50 bits per heavy atom. The minimum Gasteiger partial charge on any atom is -0.0583 e. The van der Waals surface area contributed by atoms with E-state index in [4.69, 9.17) is 2.74 Å². The van der Waals surface area contributed by atoms with Crippen molar-refractivity contribution in [3.63, 3.8) is 0 Å². The molecule has 0 aliphatic rings. The molecule has 0 aliphatic heterocycles. The third kappa shape index (κ3) is 1.47. The Balaban J connectivity index is 3.31. The van der Waals surface area contributed by atoms with Gasteiger partial charge in [-0.2, -0.15) is 0 Å². The topological polar surface area (TPSA) is 0 Å². The summed E-state index contributed by atoms with van der Waals surface area (Å²) in [6.45, 7) is 1.79. The Morgan fingerprint density at radius 2 is 2.00 bits per heavy atom. The molecular formula is C7H7I. The van der Waals surface area contributed by atoms with Crippen LogP contribution in [0.1, 0.15) is 8.30 Å². The minimum atomic E-state index is 0.455. The molecule has 8 heavy (non-hydrogen) atoms. The zero-order valence-corrected chi connectivity index (χ0v) is 6.69.